The van der Waals surface area contributed by atoms with Crippen molar-refractivity contribution in [2.24, 2.45) is 0 Å². The van der Waals surface area contributed by atoms with Gasteiger partial charge in [-0.1, -0.05) is 11.6 Å². The zero-order valence-electron chi connectivity index (χ0n) is 9.45. The van der Waals surface area contributed by atoms with Gasteiger partial charge in [0.05, 0.1) is 12.8 Å². The van der Waals surface area contributed by atoms with E-state index in [9.17, 15) is 0 Å². The average molecular weight is 330 g/mol. The maximum atomic E-state index is 5.94. The summed E-state index contributed by atoms with van der Waals surface area (Å²) in [6.07, 6.45) is 1.36. The molecule has 0 bridgehead atoms. The minimum absolute atomic E-state index is 0.271. The Bertz CT molecular complexity index is 579. The molecule has 0 atom stereocenters. The zero-order valence-corrected chi connectivity index (χ0v) is 11.8. The molecule has 2 rings (SSSR count). The number of halogens is 2. The molecule has 0 aliphatic rings. The van der Waals surface area contributed by atoms with Crippen molar-refractivity contribution >= 4 is 44.9 Å². The molecule has 0 aliphatic heterocycles. The topological polar surface area (TPSA) is 73.1 Å². The van der Waals surface area contributed by atoms with Gasteiger partial charge in [-0.2, -0.15) is 0 Å². The maximum absolute atomic E-state index is 5.94. The number of aromatic nitrogens is 2. The normalized spacial score (nSPS) is 10.2. The number of benzene rings is 1. The fraction of sp³-hybridized carbons (Fsp3) is 0.0909. The molecule has 2 aromatic rings. The molecule has 0 radical (unpaired) electrons. The number of hydrogen-bond acceptors (Lipinski definition) is 5. The zero-order chi connectivity index (χ0) is 13.1. The summed E-state index contributed by atoms with van der Waals surface area (Å²) in [5, 5.41) is 3.70. The summed E-state index contributed by atoms with van der Waals surface area (Å²) >= 11 is 9.35. The highest BCUT2D eigenvalue weighted by atomic mass is 79.9. The summed E-state index contributed by atoms with van der Waals surface area (Å²) in [4.78, 5) is 7.94. The second-order valence-electron chi connectivity index (χ2n) is 3.39. The van der Waals surface area contributed by atoms with Crippen molar-refractivity contribution in [2.75, 3.05) is 18.2 Å². The summed E-state index contributed by atoms with van der Waals surface area (Å²) in [6, 6.07) is 5.38. The Morgan fingerprint density at radius 1 is 1.39 bits per heavy atom. The first-order valence-electron chi connectivity index (χ1n) is 4.98. The van der Waals surface area contributed by atoms with E-state index >= 15 is 0 Å². The van der Waals surface area contributed by atoms with Crippen molar-refractivity contribution in [1.82, 2.24) is 9.97 Å². The van der Waals surface area contributed by atoms with E-state index in [1.54, 1.807) is 12.1 Å². The largest absolute Gasteiger partial charge is 0.490 e. The Kier molecular flexibility index (Phi) is 3.88. The van der Waals surface area contributed by atoms with Gasteiger partial charge in [0, 0.05) is 9.50 Å². The molecule has 0 amide bonds. The van der Waals surface area contributed by atoms with Gasteiger partial charge in [0.1, 0.15) is 6.33 Å². The van der Waals surface area contributed by atoms with Crippen molar-refractivity contribution in [3.63, 3.8) is 0 Å². The molecule has 3 N–H and O–H groups in total. The maximum Gasteiger partial charge on any atom is 0.204 e. The van der Waals surface area contributed by atoms with E-state index in [-0.39, 0.29) is 5.82 Å². The number of nitrogens with zero attached hydrogens (tertiary/aromatic N) is 2. The first-order valence-corrected chi connectivity index (χ1v) is 6.15. The third kappa shape index (κ3) is 2.65. The average Bonchev–Trinajstić information content (AvgIpc) is 2.34. The number of hydrogen-bond donors (Lipinski definition) is 2. The van der Waals surface area contributed by atoms with Crippen LogP contribution in [0.2, 0.25) is 5.02 Å². The van der Waals surface area contributed by atoms with Crippen LogP contribution in [0.3, 0.4) is 0 Å². The molecule has 7 heteroatoms. The first-order chi connectivity index (χ1) is 8.61. The molecule has 0 saturated carbocycles. The van der Waals surface area contributed by atoms with Crippen LogP contribution in [0.15, 0.2) is 29.0 Å². The number of nitrogens with two attached hydrogens (primary N) is 1. The lowest BCUT2D eigenvalue weighted by molar-refractivity contribution is 0.415. The predicted molar refractivity (Wildman–Crippen MR) is 75.4 cm³/mol. The van der Waals surface area contributed by atoms with E-state index < -0.39 is 0 Å². The molecule has 0 unspecified atom stereocenters. The van der Waals surface area contributed by atoms with Crippen LogP contribution >= 0.6 is 27.5 Å². The van der Waals surface area contributed by atoms with E-state index in [2.05, 4.69) is 31.2 Å². The lowest BCUT2D eigenvalue weighted by Crippen LogP contribution is -2.03. The molecule has 0 fully saturated rings. The van der Waals surface area contributed by atoms with Gasteiger partial charge in [0.2, 0.25) is 5.75 Å². The minimum Gasteiger partial charge on any atom is -0.490 e. The van der Waals surface area contributed by atoms with Gasteiger partial charge >= 0.3 is 0 Å². The molecule has 1 heterocycles. The fourth-order valence-corrected chi connectivity index (χ4v) is 1.92. The van der Waals surface area contributed by atoms with E-state index in [4.69, 9.17) is 22.1 Å². The van der Waals surface area contributed by atoms with Gasteiger partial charge in [0.25, 0.3) is 0 Å². The lowest BCUT2D eigenvalue weighted by Gasteiger charge is -2.12. The van der Waals surface area contributed by atoms with E-state index in [1.165, 1.54) is 13.4 Å². The van der Waals surface area contributed by atoms with Crippen LogP contribution in [-0.4, -0.2) is 17.1 Å². The second kappa shape index (κ2) is 5.41. The minimum atomic E-state index is 0.271. The van der Waals surface area contributed by atoms with Crippen LogP contribution in [0.5, 0.6) is 5.75 Å². The third-order valence-electron chi connectivity index (χ3n) is 2.22. The van der Waals surface area contributed by atoms with Crippen LogP contribution in [0.1, 0.15) is 0 Å². The van der Waals surface area contributed by atoms with Gasteiger partial charge in [-0.25, -0.2) is 9.97 Å². The van der Waals surface area contributed by atoms with Gasteiger partial charge in [-0.15, -0.1) is 0 Å². The molecule has 0 saturated heterocycles. The predicted octanol–water partition coefficient (Wildman–Crippen LogP) is 3.23. The highest BCUT2D eigenvalue weighted by Gasteiger charge is 2.11. The van der Waals surface area contributed by atoms with Crippen LogP contribution in [0, 0.1) is 0 Å². The van der Waals surface area contributed by atoms with Crippen LogP contribution < -0.4 is 15.8 Å². The number of anilines is 3. The molecule has 0 spiro atoms. The molecule has 1 aromatic heterocycles. The fourth-order valence-electron chi connectivity index (χ4n) is 1.40. The van der Waals surface area contributed by atoms with Crippen molar-refractivity contribution in [3.05, 3.63) is 34.0 Å². The Hall–Kier alpha value is -1.53. The van der Waals surface area contributed by atoms with Crippen LogP contribution in [-0.2, 0) is 0 Å². The summed E-state index contributed by atoms with van der Waals surface area (Å²) < 4.78 is 6.01. The highest BCUT2D eigenvalue weighted by Crippen LogP contribution is 2.33. The molecule has 94 valence electrons. The quantitative estimate of drug-likeness (QED) is 0.904. The number of rotatable bonds is 3. The van der Waals surface area contributed by atoms with Gasteiger partial charge in [-0.3, -0.25) is 0 Å². The molecule has 18 heavy (non-hydrogen) atoms. The Labute approximate surface area is 117 Å². The van der Waals surface area contributed by atoms with E-state index in [0.717, 1.165) is 10.2 Å². The van der Waals surface area contributed by atoms with E-state index in [1.807, 2.05) is 6.07 Å². The number of ether oxygens (including phenoxy) is 1. The van der Waals surface area contributed by atoms with Crippen LogP contribution in [0.4, 0.5) is 17.3 Å². The monoisotopic (exact) mass is 328 g/mol. The van der Waals surface area contributed by atoms with Gasteiger partial charge < -0.3 is 15.8 Å². The molecule has 1 aromatic carbocycles. The van der Waals surface area contributed by atoms with Crippen molar-refractivity contribution in [2.45, 2.75) is 0 Å². The first kappa shape index (κ1) is 12.9. The van der Waals surface area contributed by atoms with Gasteiger partial charge in [0.15, 0.2) is 11.6 Å². The van der Waals surface area contributed by atoms with Gasteiger partial charge in [-0.05, 0) is 34.1 Å². The second-order valence-corrected chi connectivity index (χ2v) is 4.68. The Morgan fingerprint density at radius 2 is 2.17 bits per heavy atom. The highest BCUT2D eigenvalue weighted by molar-refractivity contribution is 9.10. The van der Waals surface area contributed by atoms with Crippen LogP contribution in [0.25, 0.3) is 0 Å². The summed E-state index contributed by atoms with van der Waals surface area (Å²) in [7, 11) is 1.51. The summed E-state index contributed by atoms with van der Waals surface area (Å²) in [5.41, 5.74) is 6.46. The SMILES string of the molecule is COc1c(N)ncnc1Nc1cc(Cl)ccc1Br. The summed E-state index contributed by atoms with van der Waals surface area (Å²) in [6.45, 7) is 0. The Balaban J connectivity index is 2.40. The smallest absolute Gasteiger partial charge is 0.204 e. The van der Waals surface area contributed by atoms with Crippen molar-refractivity contribution in [3.8, 4) is 5.75 Å². The Morgan fingerprint density at radius 3 is 2.89 bits per heavy atom. The molecule has 5 nitrogen and oxygen atoms in total. The third-order valence-corrected chi connectivity index (χ3v) is 3.14. The molecule has 0 aliphatic carbocycles. The lowest BCUT2D eigenvalue weighted by atomic mass is 10.3. The van der Waals surface area contributed by atoms with Crippen molar-refractivity contribution < 1.29 is 4.74 Å². The number of nitrogens with one attached hydrogen (secondary N) is 1. The van der Waals surface area contributed by atoms with Crippen molar-refractivity contribution in [1.29, 1.82) is 0 Å². The standard InChI is InChI=1S/C11H10BrClN4O/c1-18-9-10(14)15-5-16-11(9)17-8-4-6(13)2-3-7(8)12/h2-5H,1H3,(H3,14,15,16,17). The van der Waals surface area contributed by atoms with E-state index in [0.29, 0.717) is 16.6 Å². The number of methoxy groups -OCH3 is 1. The number of nitrogen functional groups attached to an aromatic ring is 1. The summed E-state index contributed by atoms with van der Waals surface area (Å²) in [5.74, 6) is 1.14. The molecular formula is C11H10BrClN4O. The molecular weight excluding hydrogens is 320 g/mol.